The molecule has 1 heterocycles. The van der Waals surface area contributed by atoms with E-state index in [1.807, 2.05) is 0 Å². The van der Waals surface area contributed by atoms with Gasteiger partial charge in [0, 0.05) is 16.3 Å². The summed E-state index contributed by atoms with van der Waals surface area (Å²) in [6.45, 7) is 0. The zero-order chi connectivity index (χ0) is 13.4. The number of sulfonamides is 1. The van der Waals surface area contributed by atoms with Gasteiger partial charge in [-0.2, -0.15) is 10.6 Å². The number of benzene rings is 1. The number of hydrogen-bond donors (Lipinski definition) is 3. The Morgan fingerprint density at radius 2 is 1.89 bits per heavy atom. The number of hydrogen-bond acceptors (Lipinski definition) is 4. The summed E-state index contributed by atoms with van der Waals surface area (Å²) in [4.78, 5) is 0.175. The standard InChI is InChI=1S/C10H14BrNO4S2/c11-8-1-3-10(4-2-8)18(15,16)12-9-5-6-17(13,14)7-9/h1-4,9,12-14H,5-7H2/t9-/m0/s1. The SMILES string of the molecule is O=S(=O)(N[C@H]1CCS(O)(O)C1)c1ccc(Br)cc1. The summed E-state index contributed by atoms with van der Waals surface area (Å²) in [6.07, 6.45) is 0.456. The fraction of sp³-hybridized carbons (Fsp3) is 0.400. The highest BCUT2D eigenvalue weighted by molar-refractivity contribution is 9.10. The molecular formula is C10H14BrNO4S2. The first-order chi connectivity index (χ1) is 8.28. The molecule has 0 spiro atoms. The van der Waals surface area contributed by atoms with Crippen LogP contribution in [0.15, 0.2) is 33.6 Å². The Morgan fingerprint density at radius 1 is 1.28 bits per heavy atom. The smallest absolute Gasteiger partial charge is 0.240 e. The van der Waals surface area contributed by atoms with E-state index < -0.39 is 26.7 Å². The fourth-order valence-electron chi connectivity index (χ4n) is 1.81. The van der Waals surface area contributed by atoms with Crippen LogP contribution in [0.25, 0.3) is 0 Å². The van der Waals surface area contributed by atoms with E-state index in [0.717, 1.165) is 4.47 Å². The molecule has 0 aromatic heterocycles. The molecule has 1 aromatic rings. The van der Waals surface area contributed by atoms with Gasteiger partial charge < -0.3 is 0 Å². The van der Waals surface area contributed by atoms with Gasteiger partial charge in [-0.15, -0.1) is 0 Å². The molecule has 1 fully saturated rings. The van der Waals surface area contributed by atoms with Crippen LogP contribution < -0.4 is 4.72 Å². The fourth-order valence-corrected chi connectivity index (χ4v) is 5.18. The second kappa shape index (κ2) is 5.10. The average Bonchev–Trinajstić information content (AvgIpc) is 2.57. The number of nitrogens with one attached hydrogen (secondary N) is 1. The molecule has 2 rings (SSSR count). The van der Waals surface area contributed by atoms with E-state index in [1.165, 1.54) is 12.1 Å². The summed E-state index contributed by atoms with van der Waals surface area (Å²) in [7, 11) is -6.18. The van der Waals surface area contributed by atoms with Crippen LogP contribution in [0, 0.1) is 0 Å². The van der Waals surface area contributed by atoms with Crippen molar-refractivity contribution in [3.05, 3.63) is 28.7 Å². The quantitative estimate of drug-likeness (QED) is 0.775. The summed E-state index contributed by atoms with van der Waals surface area (Å²) in [5.74, 6) is 0.364. The minimum absolute atomic E-state index is 0.1000. The van der Waals surface area contributed by atoms with Gasteiger partial charge in [0.2, 0.25) is 10.0 Å². The molecule has 3 N–H and O–H groups in total. The third-order valence-electron chi connectivity index (χ3n) is 2.71. The monoisotopic (exact) mass is 355 g/mol. The summed E-state index contributed by atoms with van der Waals surface area (Å²) < 4.78 is 46.3. The van der Waals surface area contributed by atoms with Crippen LogP contribution in [0.2, 0.25) is 0 Å². The highest BCUT2D eigenvalue weighted by atomic mass is 79.9. The maximum absolute atomic E-state index is 12.0. The minimum Gasteiger partial charge on any atom is -0.299 e. The van der Waals surface area contributed by atoms with Crippen molar-refractivity contribution in [3.8, 4) is 0 Å². The van der Waals surface area contributed by atoms with E-state index in [2.05, 4.69) is 20.7 Å². The lowest BCUT2D eigenvalue weighted by Crippen LogP contribution is -2.35. The highest BCUT2D eigenvalue weighted by Crippen LogP contribution is 2.45. The van der Waals surface area contributed by atoms with Gasteiger partial charge in [0.15, 0.2) is 0 Å². The highest BCUT2D eigenvalue weighted by Gasteiger charge is 2.31. The second-order valence-electron chi connectivity index (χ2n) is 4.23. The van der Waals surface area contributed by atoms with E-state index in [1.54, 1.807) is 12.1 Å². The molecule has 102 valence electrons. The summed E-state index contributed by atoms with van der Waals surface area (Å²) in [6, 6.07) is 5.90. The van der Waals surface area contributed by atoms with E-state index in [0.29, 0.717) is 6.42 Å². The third kappa shape index (κ3) is 3.46. The van der Waals surface area contributed by atoms with E-state index in [4.69, 9.17) is 0 Å². The molecule has 1 saturated heterocycles. The third-order valence-corrected chi connectivity index (χ3v) is 6.60. The molecule has 1 aromatic carbocycles. The van der Waals surface area contributed by atoms with Crippen molar-refractivity contribution in [2.24, 2.45) is 0 Å². The van der Waals surface area contributed by atoms with Gasteiger partial charge in [0.25, 0.3) is 0 Å². The van der Waals surface area contributed by atoms with Crippen LogP contribution in [0.1, 0.15) is 6.42 Å². The van der Waals surface area contributed by atoms with Crippen LogP contribution >= 0.6 is 26.5 Å². The first kappa shape index (κ1) is 14.3. The first-order valence-corrected chi connectivity index (χ1v) is 9.46. The zero-order valence-electron chi connectivity index (χ0n) is 9.41. The number of rotatable bonds is 3. The van der Waals surface area contributed by atoms with Crippen molar-refractivity contribution < 1.29 is 17.5 Å². The summed E-state index contributed by atoms with van der Waals surface area (Å²) in [5, 5.41) is 0. The maximum Gasteiger partial charge on any atom is 0.240 e. The Balaban J connectivity index is 2.11. The van der Waals surface area contributed by atoms with Crippen LogP contribution in [-0.2, 0) is 10.0 Å². The van der Waals surface area contributed by atoms with E-state index in [9.17, 15) is 17.5 Å². The predicted molar refractivity (Wildman–Crippen MR) is 75.5 cm³/mol. The van der Waals surface area contributed by atoms with Crippen molar-refractivity contribution in [3.63, 3.8) is 0 Å². The lowest BCUT2D eigenvalue weighted by atomic mass is 10.3. The zero-order valence-corrected chi connectivity index (χ0v) is 12.6. The van der Waals surface area contributed by atoms with Crippen LogP contribution in [0.3, 0.4) is 0 Å². The first-order valence-electron chi connectivity index (χ1n) is 5.30. The molecule has 1 atom stereocenters. The summed E-state index contributed by atoms with van der Waals surface area (Å²) in [5.41, 5.74) is 0. The van der Waals surface area contributed by atoms with Crippen LogP contribution in [0.5, 0.6) is 0 Å². The lowest BCUT2D eigenvalue weighted by Gasteiger charge is -2.26. The van der Waals surface area contributed by atoms with Gasteiger partial charge in [0.1, 0.15) is 0 Å². The molecule has 5 nitrogen and oxygen atoms in total. The van der Waals surface area contributed by atoms with Gasteiger partial charge in [-0.1, -0.05) is 15.9 Å². The number of halogens is 1. The van der Waals surface area contributed by atoms with Crippen molar-refractivity contribution >= 4 is 36.5 Å². The average molecular weight is 356 g/mol. The predicted octanol–water partition coefficient (Wildman–Crippen LogP) is 2.25. The van der Waals surface area contributed by atoms with Gasteiger partial charge in [-0.3, -0.25) is 9.11 Å². The normalized spacial score (nSPS) is 24.9. The topological polar surface area (TPSA) is 86.6 Å². The van der Waals surface area contributed by atoms with E-state index in [-0.39, 0.29) is 16.4 Å². The summed E-state index contributed by atoms with van der Waals surface area (Å²) >= 11 is 3.24. The van der Waals surface area contributed by atoms with Gasteiger partial charge in [0.05, 0.1) is 10.6 Å². The molecule has 0 aliphatic carbocycles. The van der Waals surface area contributed by atoms with Crippen molar-refractivity contribution in [1.29, 1.82) is 0 Å². The Bertz CT molecular complexity index is 529. The molecule has 0 radical (unpaired) electrons. The molecule has 1 aliphatic rings. The Labute approximate surface area is 116 Å². The Morgan fingerprint density at radius 3 is 2.39 bits per heavy atom. The second-order valence-corrected chi connectivity index (χ2v) is 9.21. The molecule has 1 aliphatic heterocycles. The molecular weight excluding hydrogens is 342 g/mol. The van der Waals surface area contributed by atoms with Crippen LogP contribution in [-0.4, -0.2) is 35.1 Å². The van der Waals surface area contributed by atoms with Gasteiger partial charge in [-0.25, -0.2) is 13.1 Å². The molecule has 8 heteroatoms. The van der Waals surface area contributed by atoms with Crippen molar-refractivity contribution in [2.45, 2.75) is 17.4 Å². The van der Waals surface area contributed by atoms with Crippen molar-refractivity contribution in [1.82, 2.24) is 4.72 Å². The minimum atomic E-state index is -3.59. The Kier molecular flexibility index (Phi) is 4.05. The van der Waals surface area contributed by atoms with Gasteiger partial charge >= 0.3 is 0 Å². The molecule has 0 bridgehead atoms. The van der Waals surface area contributed by atoms with Gasteiger partial charge in [-0.05, 0) is 30.7 Å². The molecule has 18 heavy (non-hydrogen) atoms. The van der Waals surface area contributed by atoms with Crippen molar-refractivity contribution in [2.75, 3.05) is 11.5 Å². The lowest BCUT2D eigenvalue weighted by molar-refractivity contribution is 0.494. The largest absolute Gasteiger partial charge is 0.299 e. The molecule has 0 unspecified atom stereocenters. The molecule has 0 saturated carbocycles. The molecule has 0 amide bonds. The van der Waals surface area contributed by atoms with E-state index >= 15 is 0 Å². The maximum atomic E-state index is 12.0. The Hall–Kier alpha value is -0.120. The van der Waals surface area contributed by atoms with Crippen LogP contribution in [0.4, 0.5) is 0 Å².